The second kappa shape index (κ2) is 7.47. The van der Waals surface area contributed by atoms with Crippen LogP contribution < -0.4 is 9.47 Å². The number of hydrogen-bond acceptors (Lipinski definition) is 4. The molecule has 0 unspecified atom stereocenters. The molecule has 0 aliphatic carbocycles. The summed E-state index contributed by atoms with van der Waals surface area (Å²) in [5.74, 6) is -0.330. The summed E-state index contributed by atoms with van der Waals surface area (Å²) in [4.78, 5) is 11.5. The van der Waals surface area contributed by atoms with Crippen LogP contribution >= 0.6 is 0 Å². The largest absolute Gasteiger partial charge is 0.493 e. The van der Waals surface area contributed by atoms with Gasteiger partial charge in [0.05, 0.1) is 13.7 Å². The lowest BCUT2D eigenvalue weighted by molar-refractivity contribution is -0.138. The highest BCUT2D eigenvalue weighted by molar-refractivity contribution is 5.93. The third kappa shape index (κ3) is 4.53. The second-order valence-electron chi connectivity index (χ2n) is 3.84. The van der Waals surface area contributed by atoms with Crippen molar-refractivity contribution in [2.75, 3.05) is 13.7 Å². The third-order valence-electron chi connectivity index (χ3n) is 2.38. The van der Waals surface area contributed by atoms with E-state index in [0.29, 0.717) is 11.1 Å². The second-order valence-corrected chi connectivity index (χ2v) is 3.84. The van der Waals surface area contributed by atoms with E-state index in [-0.39, 0.29) is 18.1 Å². The zero-order valence-electron chi connectivity index (χ0n) is 11.5. The Morgan fingerprint density at radius 1 is 1.35 bits per heavy atom. The minimum Gasteiger partial charge on any atom is -0.493 e. The molecule has 4 nitrogen and oxygen atoms in total. The zero-order chi connectivity index (χ0) is 15.1. The van der Waals surface area contributed by atoms with E-state index in [9.17, 15) is 13.6 Å². The minimum atomic E-state index is -2.92. The van der Waals surface area contributed by atoms with Crippen LogP contribution in [-0.2, 0) is 9.53 Å². The van der Waals surface area contributed by atoms with Gasteiger partial charge in [-0.1, -0.05) is 6.07 Å². The lowest BCUT2D eigenvalue weighted by Crippen LogP contribution is -2.05. The lowest BCUT2D eigenvalue weighted by atomic mass is 10.1. The van der Waals surface area contributed by atoms with E-state index < -0.39 is 12.6 Å². The molecule has 0 N–H and O–H groups in total. The van der Waals surface area contributed by atoms with Crippen LogP contribution in [-0.4, -0.2) is 26.3 Å². The first-order valence-corrected chi connectivity index (χ1v) is 5.96. The highest BCUT2D eigenvalue weighted by atomic mass is 19.3. The fraction of sp³-hybridized carbons (Fsp3) is 0.357. The predicted octanol–water partition coefficient (Wildman–Crippen LogP) is 3.26. The van der Waals surface area contributed by atoms with Crippen molar-refractivity contribution in [2.45, 2.75) is 20.5 Å². The number of ether oxygens (including phenoxy) is 3. The van der Waals surface area contributed by atoms with Gasteiger partial charge in [0.15, 0.2) is 11.5 Å². The van der Waals surface area contributed by atoms with Crippen LogP contribution in [0.25, 0.3) is 6.08 Å². The Kier molecular flexibility index (Phi) is 5.96. The Balaban J connectivity index is 2.98. The molecule has 0 saturated heterocycles. The topological polar surface area (TPSA) is 44.8 Å². The molecule has 0 amide bonds. The van der Waals surface area contributed by atoms with Gasteiger partial charge in [-0.3, -0.25) is 0 Å². The molecule has 0 aliphatic heterocycles. The quantitative estimate of drug-likeness (QED) is 0.595. The van der Waals surface area contributed by atoms with Gasteiger partial charge in [0.2, 0.25) is 0 Å². The number of carbonyl (C=O) groups excluding carboxylic acids is 1. The van der Waals surface area contributed by atoms with Crippen molar-refractivity contribution in [1.29, 1.82) is 0 Å². The number of halogens is 2. The van der Waals surface area contributed by atoms with E-state index in [1.165, 1.54) is 19.2 Å². The smallest absolute Gasteiger partial charge is 0.387 e. The molecule has 110 valence electrons. The van der Waals surface area contributed by atoms with Crippen molar-refractivity contribution in [2.24, 2.45) is 0 Å². The number of hydrogen-bond donors (Lipinski definition) is 0. The predicted molar refractivity (Wildman–Crippen MR) is 69.9 cm³/mol. The van der Waals surface area contributed by atoms with Gasteiger partial charge >= 0.3 is 12.6 Å². The van der Waals surface area contributed by atoms with E-state index in [0.717, 1.165) is 0 Å². The maximum atomic E-state index is 12.2. The molecular formula is C14H16F2O4. The number of methoxy groups -OCH3 is 1. The molecular weight excluding hydrogens is 270 g/mol. The maximum absolute atomic E-state index is 12.2. The summed E-state index contributed by atoms with van der Waals surface area (Å²) in [5, 5.41) is 0. The highest BCUT2D eigenvalue weighted by Gasteiger charge is 2.11. The zero-order valence-corrected chi connectivity index (χ0v) is 11.5. The van der Waals surface area contributed by atoms with Crippen LogP contribution in [0.1, 0.15) is 19.4 Å². The van der Waals surface area contributed by atoms with E-state index in [2.05, 4.69) is 4.74 Å². The summed E-state index contributed by atoms with van der Waals surface area (Å²) in [6.07, 6.45) is 1.58. The van der Waals surface area contributed by atoms with Gasteiger partial charge in [-0.2, -0.15) is 8.78 Å². The van der Waals surface area contributed by atoms with E-state index in [1.54, 1.807) is 26.0 Å². The summed E-state index contributed by atoms with van der Waals surface area (Å²) in [6, 6.07) is 4.40. The maximum Gasteiger partial charge on any atom is 0.387 e. The SMILES string of the molecule is CCOC(=O)/C(C)=C/c1ccc(OC(F)F)c(OC)c1. The Hall–Kier alpha value is -2.11. The highest BCUT2D eigenvalue weighted by Crippen LogP contribution is 2.30. The fourth-order valence-corrected chi connectivity index (χ4v) is 1.52. The Morgan fingerprint density at radius 3 is 2.60 bits per heavy atom. The monoisotopic (exact) mass is 286 g/mol. The van der Waals surface area contributed by atoms with Crippen LogP contribution in [0.5, 0.6) is 11.5 Å². The molecule has 0 heterocycles. The minimum absolute atomic E-state index is 0.0616. The van der Waals surface area contributed by atoms with Gasteiger partial charge in [-0.25, -0.2) is 4.79 Å². The van der Waals surface area contributed by atoms with Crippen LogP contribution in [0.4, 0.5) is 8.78 Å². The van der Waals surface area contributed by atoms with Gasteiger partial charge in [-0.05, 0) is 37.6 Å². The fourth-order valence-electron chi connectivity index (χ4n) is 1.52. The molecule has 0 aliphatic rings. The molecule has 0 atom stereocenters. The van der Waals surface area contributed by atoms with Gasteiger partial charge in [0.1, 0.15) is 0 Å². The first-order valence-electron chi connectivity index (χ1n) is 5.96. The molecule has 0 spiro atoms. The van der Waals surface area contributed by atoms with E-state index in [1.807, 2.05) is 0 Å². The Morgan fingerprint density at radius 2 is 2.05 bits per heavy atom. The van der Waals surface area contributed by atoms with E-state index in [4.69, 9.17) is 9.47 Å². The molecule has 0 saturated carbocycles. The summed E-state index contributed by atoms with van der Waals surface area (Å²) in [6.45, 7) is 0.680. The normalized spacial score (nSPS) is 11.4. The van der Waals surface area contributed by atoms with Crippen molar-refractivity contribution >= 4 is 12.0 Å². The van der Waals surface area contributed by atoms with Crippen molar-refractivity contribution < 1.29 is 27.8 Å². The van der Waals surface area contributed by atoms with Gasteiger partial charge < -0.3 is 14.2 Å². The molecule has 1 rings (SSSR count). The molecule has 20 heavy (non-hydrogen) atoms. The average molecular weight is 286 g/mol. The number of esters is 1. The van der Waals surface area contributed by atoms with Crippen molar-refractivity contribution in [1.82, 2.24) is 0 Å². The Bertz CT molecular complexity index is 498. The standard InChI is InChI=1S/C14H16F2O4/c1-4-19-13(17)9(2)7-10-5-6-11(20-14(15)16)12(8-10)18-3/h5-8,14H,4H2,1-3H3/b9-7+. The summed E-state index contributed by atoms with van der Waals surface area (Å²) in [7, 11) is 1.35. The third-order valence-corrected chi connectivity index (χ3v) is 2.38. The molecule has 0 aromatic heterocycles. The van der Waals surface area contributed by atoms with Crippen LogP contribution in [0.2, 0.25) is 0 Å². The van der Waals surface area contributed by atoms with Gasteiger partial charge in [-0.15, -0.1) is 0 Å². The molecule has 1 aromatic carbocycles. The molecule has 6 heteroatoms. The summed E-state index contributed by atoms with van der Waals surface area (Å²) >= 11 is 0. The number of alkyl halides is 2. The van der Waals surface area contributed by atoms with Crippen molar-refractivity contribution in [3.63, 3.8) is 0 Å². The van der Waals surface area contributed by atoms with Gasteiger partial charge in [0, 0.05) is 5.57 Å². The molecule has 0 fully saturated rings. The molecule has 0 radical (unpaired) electrons. The average Bonchev–Trinajstić information content (AvgIpc) is 2.40. The molecule has 1 aromatic rings. The van der Waals surface area contributed by atoms with Gasteiger partial charge in [0.25, 0.3) is 0 Å². The van der Waals surface area contributed by atoms with Crippen LogP contribution in [0.3, 0.4) is 0 Å². The molecule has 0 bridgehead atoms. The van der Waals surface area contributed by atoms with Crippen LogP contribution in [0.15, 0.2) is 23.8 Å². The van der Waals surface area contributed by atoms with E-state index >= 15 is 0 Å². The first-order chi connectivity index (χ1) is 9.47. The number of benzene rings is 1. The lowest BCUT2D eigenvalue weighted by Gasteiger charge is -2.10. The Labute approximate surface area is 115 Å². The van der Waals surface area contributed by atoms with Crippen LogP contribution in [0, 0.1) is 0 Å². The summed E-state index contributed by atoms with van der Waals surface area (Å²) in [5.41, 5.74) is 1.02. The van der Waals surface area contributed by atoms with Crippen molar-refractivity contribution in [3.05, 3.63) is 29.3 Å². The van der Waals surface area contributed by atoms with Crippen molar-refractivity contribution in [3.8, 4) is 11.5 Å². The number of rotatable bonds is 6. The first kappa shape index (κ1) is 15.9. The summed E-state index contributed by atoms with van der Waals surface area (Å²) < 4.78 is 38.5. The number of carbonyl (C=O) groups is 1.